The first-order valence-corrected chi connectivity index (χ1v) is 7.76. The average Bonchev–Trinajstić information content (AvgIpc) is 2.68. The van der Waals surface area contributed by atoms with Crippen molar-refractivity contribution in [1.82, 2.24) is 10.3 Å². The summed E-state index contributed by atoms with van der Waals surface area (Å²) < 4.78 is 0. The quantitative estimate of drug-likeness (QED) is 0.881. The summed E-state index contributed by atoms with van der Waals surface area (Å²) in [5, 5.41) is 7.41. The molecule has 1 aromatic carbocycles. The van der Waals surface area contributed by atoms with Crippen LogP contribution in [0.15, 0.2) is 24.3 Å². The zero-order valence-electron chi connectivity index (χ0n) is 12.5. The Hall–Kier alpha value is -1.59. The van der Waals surface area contributed by atoms with Crippen LogP contribution in [0.4, 0.5) is 10.8 Å². The standard InChI is InChI=1S/C15H18ClN3OS/c1-9-12(13(20)19-15(2,3)4)18-14(21-9)17-11-7-5-6-10(16)8-11/h5-8H,1-4H3,(H,17,18)(H,19,20). The number of nitrogens with one attached hydrogen (secondary N) is 2. The van der Waals surface area contributed by atoms with Gasteiger partial charge in [0.2, 0.25) is 0 Å². The summed E-state index contributed by atoms with van der Waals surface area (Å²) in [6, 6.07) is 7.38. The fraction of sp³-hybridized carbons (Fsp3) is 0.333. The van der Waals surface area contributed by atoms with Crippen molar-refractivity contribution in [2.45, 2.75) is 33.2 Å². The van der Waals surface area contributed by atoms with E-state index in [2.05, 4.69) is 15.6 Å². The van der Waals surface area contributed by atoms with Crippen LogP contribution in [0.5, 0.6) is 0 Å². The topological polar surface area (TPSA) is 54.0 Å². The van der Waals surface area contributed by atoms with Gasteiger partial charge in [-0.25, -0.2) is 4.98 Å². The Kier molecular flexibility index (Phi) is 4.54. The van der Waals surface area contributed by atoms with Gasteiger partial charge in [0.25, 0.3) is 5.91 Å². The van der Waals surface area contributed by atoms with Crippen molar-refractivity contribution in [2.75, 3.05) is 5.32 Å². The van der Waals surface area contributed by atoms with Crippen LogP contribution in [0.3, 0.4) is 0 Å². The lowest BCUT2D eigenvalue weighted by molar-refractivity contribution is 0.0914. The number of thiazole rings is 1. The zero-order valence-corrected chi connectivity index (χ0v) is 14.0. The van der Waals surface area contributed by atoms with Crippen molar-refractivity contribution in [2.24, 2.45) is 0 Å². The number of halogens is 1. The highest BCUT2D eigenvalue weighted by Gasteiger charge is 2.20. The first kappa shape index (κ1) is 15.8. The van der Waals surface area contributed by atoms with E-state index >= 15 is 0 Å². The number of carbonyl (C=O) groups is 1. The van der Waals surface area contributed by atoms with Gasteiger partial charge in [-0.15, -0.1) is 11.3 Å². The van der Waals surface area contributed by atoms with Crippen LogP contribution in [0.25, 0.3) is 0 Å². The van der Waals surface area contributed by atoms with Crippen molar-refractivity contribution in [1.29, 1.82) is 0 Å². The molecular weight excluding hydrogens is 306 g/mol. The molecule has 2 aromatic rings. The highest BCUT2D eigenvalue weighted by Crippen LogP contribution is 2.26. The number of hydrogen-bond acceptors (Lipinski definition) is 4. The Morgan fingerprint density at radius 2 is 2.05 bits per heavy atom. The lowest BCUT2D eigenvalue weighted by atomic mass is 10.1. The van der Waals surface area contributed by atoms with Crippen LogP contribution in [0.2, 0.25) is 5.02 Å². The Balaban J connectivity index is 2.17. The molecule has 0 saturated heterocycles. The third-order valence-corrected chi connectivity index (χ3v) is 3.70. The highest BCUT2D eigenvalue weighted by molar-refractivity contribution is 7.15. The molecule has 0 unspecified atom stereocenters. The minimum Gasteiger partial charge on any atom is -0.346 e. The number of carbonyl (C=O) groups excluding carboxylic acids is 1. The Bertz CT molecular complexity index is 661. The van der Waals surface area contributed by atoms with Gasteiger partial charge < -0.3 is 10.6 Å². The predicted molar refractivity (Wildman–Crippen MR) is 88.8 cm³/mol. The summed E-state index contributed by atoms with van der Waals surface area (Å²) in [6.45, 7) is 7.71. The van der Waals surface area contributed by atoms with Gasteiger partial charge in [-0.05, 0) is 45.9 Å². The average molecular weight is 324 g/mol. The SMILES string of the molecule is Cc1sc(Nc2cccc(Cl)c2)nc1C(=O)NC(C)(C)C. The molecule has 0 atom stereocenters. The third-order valence-electron chi connectivity index (χ3n) is 2.58. The van der Waals surface area contributed by atoms with E-state index in [0.717, 1.165) is 10.6 Å². The van der Waals surface area contributed by atoms with Crippen LogP contribution >= 0.6 is 22.9 Å². The van der Waals surface area contributed by atoms with Crippen molar-refractivity contribution < 1.29 is 4.79 Å². The maximum atomic E-state index is 12.2. The summed E-state index contributed by atoms with van der Waals surface area (Å²) in [5.41, 5.74) is 1.02. The number of aryl methyl sites for hydroxylation is 1. The van der Waals surface area contributed by atoms with Crippen molar-refractivity contribution >= 4 is 39.7 Å². The van der Waals surface area contributed by atoms with Gasteiger partial charge in [-0.1, -0.05) is 17.7 Å². The summed E-state index contributed by atoms with van der Waals surface area (Å²) in [4.78, 5) is 17.4. The van der Waals surface area contributed by atoms with Gasteiger partial charge in [0.15, 0.2) is 5.13 Å². The van der Waals surface area contributed by atoms with Gasteiger partial charge >= 0.3 is 0 Å². The van der Waals surface area contributed by atoms with Crippen LogP contribution in [-0.4, -0.2) is 16.4 Å². The molecule has 2 N–H and O–H groups in total. The second kappa shape index (κ2) is 6.03. The number of nitrogens with zero attached hydrogens (tertiary/aromatic N) is 1. The van der Waals surface area contributed by atoms with Gasteiger partial charge in [0.05, 0.1) is 0 Å². The molecule has 21 heavy (non-hydrogen) atoms. The summed E-state index contributed by atoms with van der Waals surface area (Å²) in [5.74, 6) is -0.157. The van der Waals surface area contributed by atoms with Crippen LogP contribution in [-0.2, 0) is 0 Å². The van der Waals surface area contributed by atoms with E-state index in [1.807, 2.05) is 52.0 Å². The highest BCUT2D eigenvalue weighted by atomic mass is 35.5. The zero-order chi connectivity index (χ0) is 15.6. The van der Waals surface area contributed by atoms with E-state index < -0.39 is 0 Å². The minimum absolute atomic E-state index is 0.157. The fourth-order valence-corrected chi connectivity index (χ4v) is 2.77. The Morgan fingerprint density at radius 1 is 1.33 bits per heavy atom. The molecule has 0 spiro atoms. The molecule has 6 heteroatoms. The molecular formula is C15H18ClN3OS. The Morgan fingerprint density at radius 3 is 2.67 bits per heavy atom. The first-order chi connectivity index (χ1) is 9.74. The van der Waals surface area contributed by atoms with Crippen molar-refractivity contribution in [3.63, 3.8) is 0 Å². The molecule has 0 bridgehead atoms. The molecule has 0 fully saturated rings. The van der Waals surface area contributed by atoms with Crippen LogP contribution < -0.4 is 10.6 Å². The summed E-state index contributed by atoms with van der Waals surface area (Å²) >= 11 is 7.39. The van der Waals surface area contributed by atoms with Gasteiger partial charge in [-0.2, -0.15) is 0 Å². The van der Waals surface area contributed by atoms with E-state index in [4.69, 9.17) is 11.6 Å². The molecule has 4 nitrogen and oxygen atoms in total. The normalized spacial score (nSPS) is 11.3. The van der Waals surface area contributed by atoms with E-state index in [0.29, 0.717) is 15.8 Å². The maximum Gasteiger partial charge on any atom is 0.271 e. The molecule has 0 aliphatic rings. The van der Waals surface area contributed by atoms with E-state index in [9.17, 15) is 4.79 Å². The summed E-state index contributed by atoms with van der Waals surface area (Å²) in [7, 11) is 0. The molecule has 0 aliphatic carbocycles. The second-order valence-electron chi connectivity index (χ2n) is 5.76. The molecule has 0 radical (unpaired) electrons. The molecule has 112 valence electrons. The molecule has 1 heterocycles. The number of hydrogen-bond donors (Lipinski definition) is 2. The first-order valence-electron chi connectivity index (χ1n) is 6.57. The monoisotopic (exact) mass is 323 g/mol. The van der Waals surface area contributed by atoms with Crippen LogP contribution in [0, 0.1) is 6.92 Å². The third kappa shape index (κ3) is 4.44. The largest absolute Gasteiger partial charge is 0.346 e. The van der Waals surface area contributed by atoms with Crippen LogP contribution in [0.1, 0.15) is 36.1 Å². The second-order valence-corrected chi connectivity index (χ2v) is 7.40. The maximum absolute atomic E-state index is 12.2. The number of aromatic nitrogens is 1. The number of rotatable bonds is 3. The molecule has 0 saturated carbocycles. The van der Waals surface area contributed by atoms with Gasteiger partial charge in [0, 0.05) is 21.1 Å². The van der Waals surface area contributed by atoms with Gasteiger partial charge in [-0.3, -0.25) is 4.79 Å². The summed E-state index contributed by atoms with van der Waals surface area (Å²) in [6.07, 6.45) is 0. The number of benzene rings is 1. The van der Waals surface area contributed by atoms with E-state index in [1.54, 1.807) is 0 Å². The smallest absolute Gasteiger partial charge is 0.271 e. The Labute approximate surface area is 133 Å². The predicted octanol–water partition coefficient (Wildman–Crippen LogP) is 4.38. The van der Waals surface area contributed by atoms with Gasteiger partial charge in [0.1, 0.15) is 5.69 Å². The minimum atomic E-state index is -0.284. The van der Waals surface area contributed by atoms with Crippen molar-refractivity contribution in [3.8, 4) is 0 Å². The fourth-order valence-electron chi connectivity index (χ4n) is 1.75. The van der Waals surface area contributed by atoms with E-state index in [1.165, 1.54) is 11.3 Å². The molecule has 2 rings (SSSR count). The molecule has 0 aliphatic heterocycles. The number of amides is 1. The lowest BCUT2D eigenvalue weighted by Gasteiger charge is -2.19. The van der Waals surface area contributed by atoms with Crippen molar-refractivity contribution in [3.05, 3.63) is 39.9 Å². The van der Waals surface area contributed by atoms with E-state index in [-0.39, 0.29) is 11.4 Å². The lowest BCUT2D eigenvalue weighted by Crippen LogP contribution is -2.40. The number of anilines is 2. The molecule has 1 amide bonds. The molecule has 1 aromatic heterocycles.